The van der Waals surface area contributed by atoms with E-state index in [0.29, 0.717) is 30.9 Å². The predicted octanol–water partition coefficient (Wildman–Crippen LogP) is 5.62. The van der Waals surface area contributed by atoms with Gasteiger partial charge in [-0.3, -0.25) is 4.79 Å². The summed E-state index contributed by atoms with van der Waals surface area (Å²) < 4.78 is 73.9. The smallest absolute Gasteiger partial charge is 0.382 e. The molecule has 0 radical (unpaired) electrons. The van der Waals surface area contributed by atoms with Crippen molar-refractivity contribution >= 4 is 50.4 Å². The summed E-state index contributed by atoms with van der Waals surface area (Å²) in [4.78, 5) is 18.7. The van der Waals surface area contributed by atoms with Crippen LogP contribution in [0.2, 0.25) is 0 Å². The Balaban J connectivity index is 1.72. The van der Waals surface area contributed by atoms with Crippen LogP contribution in [0.5, 0.6) is 0 Å². The van der Waals surface area contributed by atoms with Crippen molar-refractivity contribution in [2.45, 2.75) is 65.9 Å². The van der Waals surface area contributed by atoms with Crippen molar-refractivity contribution in [2.24, 2.45) is 0 Å². The first-order valence-corrected chi connectivity index (χ1v) is 15.2. The van der Waals surface area contributed by atoms with Crippen molar-refractivity contribution in [3.8, 4) is 0 Å². The van der Waals surface area contributed by atoms with E-state index < -0.39 is 32.3 Å². The number of hydrogen-bond acceptors (Lipinski definition) is 8. The van der Waals surface area contributed by atoms with Gasteiger partial charge in [0.15, 0.2) is 20.9 Å². The monoisotopic (exact) mass is 620 g/mol. The summed E-state index contributed by atoms with van der Waals surface area (Å²) in [6, 6.07) is 11.2. The summed E-state index contributed by atoms with van der Waals surface area (Å²) in [6.07, 6.45) is 1.57. The highest BCUT2D eigenvalue weighted by Gasteiger charge is 2.47. The third-order valence-electron chi connectivity index (χ3n) is 6.19. The highest BCUT2D eigenvalue weighted by atomic mass is 32.2. The van der Waals surface area contributed by atoms with E-state index in [1.54, 1.807) is 6.92 Å². The second-order valence-corrected chi connectivity index (χ2v) is 13.0. The van der Waals surface area contributed by atoms with Crippen LogP contribution in [0.25, 0.3) is 0 Å². The fraction of sp³-hybridized carbons (Fsp3) is 0.462. The number of thioether (sulfide) groups is 1. The van der Waals surface area contributed by atoms with E-state index in [1.807, 2.05) is 0 Å². The normalized spacial score (nSPS) is 17.6. The lowest BCUT2D eigenvalue weighted by molar-refractivity contribution is -0.201. The highest BCUT2D eigenvalue weighted by Crippen LogP contribution is 2.37. The summed E-state index contributed by atoms with van der Waals surface area (Å²) in [5.41, 5.74) is -1.17. The number of thiocarbonyl (C=S) groups is 1. The number of rotatable bonds is 12. The minimum atomic E-state index is -4.39. The molecule has 0 spiro atoms. The average Bonchev–Trinajstić information content (AvgIpc) is 2.92. The first-order valence-electron chi connectivity index (χ1n) is 12.5. The fourth-order valence-electron chi connectivity index (χ4n) is 3.80. The molecule has 0 aromatic heterocycles. The van der Waals surface area contributed by atoms with Crippen molar-refractivity contribution in [3.63, 3.8) is 0 Å². The summed E-state index contributed by atoms with van der Waals surface area (Å²) in [5.74, 6) is -0.836. The summed E-state index contributed by atoms with van der Waals surface area (Å²) in [5, 5.41) is 2.94. The zero-order valence-corrected chi connectivity index (χ0v) is 24.4. The summed E-state index contributed by atoms with van der Waals surface area (Å²) in [7, 11) is -4.22. The molecular weight excluding hydrogens is 589 g/mol. The van der Waals surface area contributed by atoms with Crippen LogP contribution in [0, 0.1) is 0 Å². The van der Waals surface area contributed by atoms with E-state index in [9.17, 15) is 26.4 Å². The molecule has 2 unspecified atom stereocenters. The van der Waals surface area contributed by atoms with Crippen LogP contribution in [-0.2, 0) is 28.9 Å². The SMILES string of the molecule is CCOCCC(C)(C(=O)NOC1CCCCO1)S(=O)(=O)c1ccc(NC(=S)c2ccc(SC(F)(F)F)cc2)cc1. The van der Waals surface area contributed by atoms with Gasteiger partial charge >= 0.3 is 5.51 Å². The lowest BCUT2D eigenvalue weighted by Gasteiger charge is -2.29. The van der Waals surface area contributed by atoms with Gasteiger partial charge in [-0.25, -0.2) is 18.7 Å². The second-order valence-electron chi connectivity index (χ2n) is 9.08. The molecule has 8 nitrogen and oxygen atoms in total. The Bertz CT molecular complexity index is 1250. The average molecular weight is 621 g/mol. The van der Waals surface area contributed by atoms with Gasteiger partial charge in [0.1, 0.15) is 4.99 Å². The second kappa shape index (κ2) is 14.1. The van der Waals surface area contributed by atoms with E-state index in [2.05, 4.69) is 10.8 Å². The molecule has 2 atom stereocenters. The molecule has 220 valence electrons. The Labute approximate surface area is 241 Å². The molecule has 1 fully saturated rings. The quantitative estimate of drug-likeness (QED) is 0.136. The standard InChI is InChI=1S/C26H31F3N2O6S3/c1-3-35-17-15-25(2,24(32)31-37-22-6-4-5-16-36-22)40(33,34)21-13-9-19(10-14-21)30-23(38)18-7-11-20(12-8-18)39-26(27,28)29/h7-14,22H,3-6,15-17H2,1-2H3,(H,30,38)(H,31,32). The number of halogens is 3. The Morgan fingerprint density at radius 3 is 2.38 bits per heavy atom. The van der Waals surface area contributed by atoms with Gasteiger partial charge in [0.05, 0.1) is 4.90 Å². The van der Waals surface area contributed by atoms with Crippen LogP contribution in [0.15, 0.2) is 58.3 Å². The Morgan fingerprint density at radius 1 is 1.12 bits per heavy atom. The van der Waals surface area contributed by atoms with Crippen LogP contribution in [-0.4, -0.2) is 55.7 Å². The number of nitrogens with one attached hydrogen (secondary N) is 2. The highest BCUT2D eigenvalue weighted by molar-refractivity contribution is 8.00. The third kappa shape index (κ3) is 8.63. The van der Waals surface area contributed by atoms with Crippen LogP contribution in [0.4, 0.5) is 18.9 Å². The van der Waals surface area contributed by atoms with E-state index >= 15 is 0 Å². The lowest BCUT2D eigenvalue weighted by Crippen LogP contribution is -2.52. The molecule has 1 aliphatic heterocycles. The maximum absolute atomic E-state index is 13.7. The van der Waals surface area contributed by atoms with Crippen LogP contribution in [0.3, 0.4) is 0 Å². The number of carbonyl (C=O) groups is 1. The van der Waals surface area contributed by atoms with Gasteiger partial charge in [-0.2, -0.15) is 13.2 Å². The molecule has 2 aromatic rings. The van der Waals surface area contributed by atoms with E-state index in [-0.39, 0.29) is 39.6 Å². The molecule has 1 aliphatic rings. The minimum Gasteiger partial charge on any atom is -0.382 e. The summed E-state index contributed by atoms with van der Waals surface area (Å²) in [6.45, 7) is 3.97. The fourth-order valence-corrected chi connectivity index (χ4v) is 6.25. The number of carbonyl (C=O) groups excluding carboxylic acids is 1. The number of amides is 1. The zero-order valence-electron chi connectivity index (χ0n) is 22.0. The summed E-state index contributed by atoms with van der Waals surface area (Å²) >= 11 is 5.13. The number of hydrogen-bond donors (Lipinski definition) is 2. The van der Waals surface area contributed by atoms with Gasteiger partial charge in [-0.15, -0.1) is 0 Å². The maximum Gasteiger partial charge on any atom is 0.446 e. The van der Waals surface area contributed by atoms with Crippen LogP contribution < -0.4 is 10.8 Å². The molecule has 40 heavy (non-hydrogen) atoms. The maximum atomic E-state index is 13.7. The predicted molar refractivity (Wildman–Crippen MR) is 150 cm³/mol. The van der Waals surface area contributed by atoms with Crippen LogP contribution >= 0.6 is 24.0 Å². The van der Waals surface area contributed by atoms with Gasteiger partial charge in [0.25, 0.3) is 5.91 Å². The van der Waals surface area contributed by atoms with Gasteiger partial charge in [0, 0.05) is 42.4 Å². The molecule has 14 heteroatoms. The molecule has 2 N–H and O–H groups in total. The Morgan fingerprint density at radius 2 is 1.80 bits per heavy atom. The van der Waals surface area contributed by atoms with Crippen molar-refractivity contribution in [3.05, 3.63) is 54.1 Å². The van der Waals surface area contributed by atoms with Gasteiger partial charge in [-0.05, 0) is 81.3 Å². The zero-order chi connectivity index (χ0) is 29.4. The first-order chi connectivity index (χ1) is 18.9. The topological polar surface area (TPSA) is 103 Å². The van der Waals surface area contributed by atoms with Crippen molar-refractivity contribution in [2.75, 3.05) is 25.1 Å². The Hall–Kier alpha value is -2.23. The number of alkyl halides is 3. The van der Waals surface area contributed by atoms with Gasteiger partial charge < -0.3 is 14.8 Å². The largest absolute Gasteiger partial charge is 0.446 e. The minimum absolute atomic E-state index is 0.0294. The van der Waals surface area contributed by atoms with Gasteiger partial charge in [-0.1, -0.05) is 24.4 Å². The Kier molecular flexibility index (Phi) is 11.4. The van der Waals surface area contributed by atoms with Gasteiger partial charge in [0.2, 0.25) is 0 Å². The molecule has 0 saturated carbocycles. The molecule has 1 heterocycles. The molecular formula is C26H31F3N2O6S3. The number of hydroxylamine groups is 1. The molecule has 0 aliphatic carbocycles. The molecule has 1 saturated heterocycles. The number of benzene rings is 2. The first kappa shape index (κ1) is 32.3. The third-order valence-corrected chi connectivity index (χ3v) is 9.74. The lowest BCUT2D eigenvalue weighted by atomic mass is 10.1. The van der Waals surface area contributed by atoms with E-state index in [0.717, 1.165) is 12.8 Å². The molecule has 0 bridgehead atoms. The molecule has 3 rings (SSSR count). The van der Waals surface area contributed by atoms with Crippen molar-refractivity contribution in [1.29, 1.82) is 0 Å². The van der Waals surface area contributed by atoms with Crippen LogP contribution in [0.1, 0.15) is 45.1 Å². The number of sulfone groups is 1. The van der Waals surface area contributed by atoms with E-state index in [4.69, 9.17) is 26.5 Å². The number of ether oxygens (including phenoxy) is 2. The number of anilines is 1. The van der Waals surface area contributed by atoms with Crippen molar-refractivity contribution < 1.29 is 40.7 Å². The van der Waals surface area contributed by atoms with Crippen molar-refractivity contribution in [1.82, 2.24) is 5.48 Å². The van der Waals surface area contributed by atoms with E-state index in [1.165, 1.54) is 55.5 Å². The molecule has 2 aromatic carbocycles. The molecule has 1 amide bonds.